The summed E-state index contributed by atoms with van der Waals surface area (Å²) >= 11 is 1.54. The Balaban J connectivity index is 1.76. The first-order valence-electron chi connectivity index (χ1n) is 9.25. The minimum absolute atomic E-state index is 0.0224. The molecule has 2 aromatic heterocycles. The predicted molar refractivity (Wildman–Crippen MR) is 109 cm³/mol. The predicted octanol–water partition coefficient (Wildman–Crippen LogP) is 3.08. The average Bonchev–Trinajstić information content (AvgIpc) is 3.05. The molecule has 0 unspecified atom stereocenters. The first-order chi connectivity index (χ1) is 13.1. The van der Waals surface area contributed by atoms with Gasteiger partial charge < -0.3 is 4.74 Å². The zero-order valence-electron chi connectivity index (χ0n) is 15.6. The van der Waals surface area contributed by atoms with Gasteiger partial charge in [-0.05, 0) is 23.5 Å². The molecule has 1 aromatic carbocycles. The Morgan fingerprint density at radius 1 is 1.37 bits per heavy atom. The van der Waals surface area contributed by atoms with Crippen LogP contribution in [0.4, 0.5) is 5.95 Å². The van der Waals surface area contributed by atoms with Crippen LogP contribution in [0.5, 0.6) is 0 Å². The van der Waals surface area contributed by atoms with Crippen LogP contribution in [0.25, 0.3) is 10.2 Å². The quantitative estimate of drug-likeness (QED) is 0.522. The molecule has 27 heavy (non-hydrogen) atoms. The van der Waals surface area contributed by atoms with Gasteiger partial charge in [0.05, 0.1) is 18.1 Å². The van der Waals surface area contributed by atoms with E-state index in [0.717, 1.165) is 33.5 Å². The van der Waals surface area contributed by atoms with Crippen molar-refractivity contribution < 1.29 is 4.74 Å². The number of rotatable bonds is 5. The summed E-state index contributed by atoms with van der Waals surface area (Å²) < 4.78 is 7.62. The van der Waals surface area contributed by atoms with Crippen LogP contribution in [0.2, 0.25) is 0 Å². The molecule has 3 heterocycles. The third-order valence-corrected chi connectivity index (χ3v) is 6.27. The summed E-state index contributed by atoms with van der Waals surface area (Å²) in [6.45, 7) is 5.38. The van der Waals surface area contributed by atoms with E-state index in [1.165, 1.54) is 16.9 Å². The maximum Gasteiger partial charge on any atom is 0.264 e. The number of hydrogen-bond acceptors (Lipinski definition) is 6. The van der Waals surface area contributed by atoms with Crippen LogP contribution in [0.1, 0.15) is 29.9 Å². The topological polar surface area (TPSA) is 82.2 Å². The highest BCUT2D eigenvalue weighted by atomic mass is 32.1. The molecule has 0 fully saturated rings. The fourth-order valence-corrected chi connectivity index (χ4v) is 4.71. The van der Waals surface area contributed by atoms with Crippen molar-refractivity contribution in [3.05, 3.63) is 56.7 Å². The molecule has 1 aliphatic heterocycles. The van der Waals surface area contributed by atoms with Crippen LogP contribution >= 0.6 is 11.3 Å². The first-order valence-corrected chi connectivity index (χ1v) is 10.1. The summed E-state index contributed by atoms with van der Waals surface area (Å²) in [7, 11) is 0. The molecule has 6 nitrogen and oxygen atoms in total. The van der Waals surface area contributed by atoms with Crippen molar-refractivity contribution >= 4 is 27.5 Å². The lowest BCUT2D eigenvalue weighted by Gasteiger charge is -2.26. The van der Waals surface area contributed by atoms with Crippen molar-refractivity contribution in [2.24, 2.45) is 11.8 Å². The van der Waals surface area contributed by atoms with E-state index < -0.39 is 0 Å². The number of nitrogens with zero attached hydrogens (tertiary/aromatic N) is 2. The second-order valence-electron chi connectivity index (χ2n) is 7.25. The summed E-state index contributed by atoms with van der Waals surface area (Å²) in [5, 5.41) is 0.732. The number of nitrogen functional groups attached to an aromatic ring is 1. The monoisotopic (exact) mass is 384 g/mol. The van der Waals surface area contributed by atoms with E-state index in [4.69, 9.17) is 10.6 Å². The number of thiophene rings is 1. The van der Waals surface area contributed by atoms with Crippen molar-refractivity contribution in [2.45, 2.75) is 45.9 Å². The molecule has 0 aliphatic carbocycles. The summed E-state index contributed by atoms with van der Waals surface area (Å²) in [6.07, 6.45) is 1.64. The normalized spacial score (nSPS) is 16.7. The third-order valence-electron chi connectivity index (χ3n) is 5.17. The molecule has 0 spiro atoms. The number of nitrogens with two attached hydrogens (primary N) is 1. The number of fused-ring (bicyclic) bond motifs is 3. The van der Waals surface area contributed by atoms with E-state index in [1.54, 1.807) is 4.57 Å². The molecular formula is C20H24N4O2S. The lowest BCUT2D eigenvalue weighted by Crippen LogP contribution is -2.30. The lowest BCUT2D eigenvalue weighted by molar-refractivity contribution is 0.00200. The molecule has 7 heteroatoms. The van der Waals surface area contributed by atoms with Gasteiger partial charge in [-0.1, -0.05) is 44.2 Å². The molecule has 0 radical (unpaired) electrons. The lowest BCUT2D eigenvalue weighted by atomic mass is 9.96. The number of nitrogens with one attached hydrogen (secondary N) is 1. The molecule has 3 N–H and O–H groups in total. The van der Waals surface area contributed by atoms with Crippen molar-refractivity contribution in [3.8, 4) is 0 Å². The zero-order valence-corrected chi connectivity index (χ0v) is 16.4. The van der Waals surface area contributed by atoms with Gasteiger partial charge in [-0.2, -0.15) is 0 Å². The second-order valence-corrected chi connectivity index (χ2v) is 8.34. The molecule has 0 saturated heterocycles. The van der Waals surface area contributed by atoms with E-state index >= 15 is 0 Å². The smallest absolute Gasteiger partial charge is 0.264 e. The summed E-state index contributed by atoms with van der Waals surface area (Å²) in [6, 6.07) is 10.1. The van der Waals surface area contributed by atoms with Gasteiger partial charge in [0.25, 0.3) is 5.56 Å². The molecule has 142 valence electrons. The van der Waals surface area contributed by atoms with Gasteiger partial charge in [0.15, 0.2) is 0 Å². The summed E-state index contributed by atoms with van der Waals surface area (Å²) in [4.78, 5) is 19.8. The molecule has 0 bridgehead atoms. The number of hydrazine groups is 1. The van der Waals surface area contributed by atoms with Crippen LogP contribution in [0.3, 0.4) is 0 Å². The Labute approximate surface area is 162 Å². The molecular weight excluding hydrogens is 360 g/mol. The maximum atomic E-state index is 13.3. The van der Waals surface area contributed by atoms with E-state index in [-0.39, 0.29) is 11.7 Å². The number of anilines is 1. The second kappa shape index (κ2) is 7.42. The molecule has 3 aromatic rings. The number of benzene rings is 1. The number of aryl methyl sites for hydroxylation is 1. The van der Waals surface area contributed by atoms with Crippen LogP contribution in [-0.4, -0.2) is 15.7 Å². The van der Waals surface area contributed by atoms with E-state index in [9.17, 15) is 4.79 Å². The Morgan fingerprint density at radius 3 is 2.85 bits per heavy atom. The Morgan fingerprint density at radius 2 is 2.15 bits per heavy atom. The highest BCUT2D eigenvalue weighted by Crippen LogP contribution is 2.35. The Kier molecular flexibility index (Phi) is 4.99. The van der Waals surface area contributed by atoms with Gasteiger partial charge in [0.2, 0.25) is 5.95 Å². The van der Waals surface area contributed by atoms with Crippen molar-refractivity contribution in [1.82, 2.24) is 9.55 Å². The van der Waals surface area contributed by atoms with Gasteiger partial charge in [-0.3, -0.25) is 14.8 Å². The molecule has 1 aliphatic rings. The zero-order chi connectivity index (χ0) is 19.0. The highest BCUT2D eigenvalue weighted by Gasteiger charge is 2.28. The Hall–Kier alpha value is -2.22. The number of ether oxygens (including phenoxy) is 1. The molecule has 4 rings (SSSR count). The maximum absolute atomic E-state index is 13.3. The minimum Gasteiger partial charge on any atom is -0.372 e. The number of hydrogen-bond donors (Lipinski definition) is 2. The first kappa shape index (κ1) is 18.2. The van der Waals surface area contributed by atoms with E-state index in [0.29, 0.717) is 25.0 Å². The molecule has 0 amide bonds. The molecule has 1 atom stereocenters. The molecule has 0 saturated carbocycles. The average molecular weight is 385 g/mol. The van der Waals surface area contributed by atoms with Gasteiger partial charge in [0.1, 0.15) is 4.83 Å². The highest BCUT2D eigenvalue weighted by molar-refractivity contribution is 7.18. The van der Waals surface area contributed by atoms with Gasteiger partial charge in [0, 0.05) is 17.8 Å². The van der Waals surface area contributed by atoms with Crippen LogP contribution in [-0.2, 0) is 30.7 Å². The fourth-order valence-electron chi connectivity index (χ4n) is 3.59. The standard InChI is InChI=1S/C20H24N4O2S/c1-12(2)15-10-14-16(11-26-15)27-18-17(14)19(25)24(20(22-18)23-21)9-8-13-6-4-3-5-7-13/h3-7,12,15H,8-11,21H2,1-2H3,(H,22,23)/t15-/m1/s1. The van der Waals surface area contributed by atoms with Crippen LogP contribution in [0.15, 0.2) is 35.1 Å². The van der Waals surface area contributed by atoms with E-state index in [1.807, 2.05) is 18.2 Å². The third kappa shape index (κ3) is 3.38. The van der Waals surface area contributed by atoms with Crippen molar-refractivity contribution in [2.75, 3.05) is 5.43 Å². The largest absolute Gasteiger partial charge is 0.372 e. The Bertz CT molecular complexity index is 1010. The van der Waals surface area contributed by atoms with Crippen LogP contribution in [0, 0.1) is 5.92 Å². The van der Waals surface area contributed by atoms with Crippen LogP contribution < -0.4 is 16.8 Å². The fraction of sp³-hybridized carbons (Fsp3) is 0.400. The van der Waals surface area contributed by atoms with Gasteiger partial charge in [-0.25, -0.2) is 10.8 Å². The summed E-state index contributed by atoms with van der Waals surface area (Å²) in [5.41, 5.74) is 4.86. The minimum atomic E-state index is -0.0224. The van der Waals surface area contributed by atoms with Gasteiger partial charge in [-0.15, -0.1) is 11.3 Å². The van der Waals surface area contributed by atoms with Crippen molar-refractivity contribution in [3.63, 3.8) is 0 Å². The van der Waals surface area contributed by atoms with E-state index in [2.05, 4.69) is 36.4 Å². The number of aromatic nitrogens is 2. The van der Waals surface area contributed by atoms with Gasteiger partial charge >= 0.3 is 0 Å². The summed E-state index contributed by atoms with van der Waals surface area (Å²) in [5.74, 6) is 6.49. The van der Waals surface area contributed by atoms with Crippen molar-refractivity contribution in [1.29, 1.82) is 0 Å². The SMILES string of the molecule is CC(C)[C@H]1Cc2c(sc3nc(NN)n(CCc4ccccc4)c(=O)c23)CO1.